The van der Waals surface area contributed by atoms with E-state index in [9.17, 15) is 18.3 Å². The van der Waals surface area contributed by atoms with Gasteiger partial charge in [0.25, 0.3) is 0 Å². The largest absolute Gasteiger partial charge is 0.508 e. The molecule has 0 aliphatic carbocycles. The lowest BCUT2D eigenvalue weighted by molar-refractivity contribution is -0.143. The van der Waals surface area contributed by atoms with Gasteiger partial charge in [0.05, 0.1) is 12.7 Å². The Balaban J connectivity index is 2.12. The molecule has 1 heterocycles. The number of hydrogen-bond acceptors (Lipinski definition) is 2. The molecule has 124 valence electrons. The lowest BCUT2D eigenvalue weighted by atomic mass is 10.1. The monoisotopic (exact) mass is 352 g/mol. The van der Waals surface area contributed by atoms with Crippen molar-refractivity contribution in [1.82, 2.24) is 9.55 Å². The Bertz CT molecular complexity index is 857. The predicted octanol–water partition coefficient (Wildman–Crippen LogP) is 4.98. The normalized spacial score (nSPS) is 11.7. The van der Waals surface area contributed by atoms with Crippen molar-refractivity contribution in [3.63, 3.8) is 0 Å². The lowest BCUT2D eigenvalue weighted by Crippen LogP contribution is -2.15. The van der Waals surface area contributed by atoms with Crippen LogP contribution in [0.4, 0.5) is 13.2 Å². The maximum Gasteiger partial charge on any atom is 0.433 e. The van der Waals surface area contributed by atoms with E-state index in [0.29, 0.717) is 16.1 Å². The molecule has 0 bridgehead atoms. The number of nitrogens with zero attached hydrogens (tertiary/aromatic N) is 2. The van der Waals surface area contributed by atoms with Crippen LogP contribution in [0.5, 0.6) is 5.75 Å². The van der Waals surface area contributed by atoms with Crippen molar-refractivity contribution in [1.29, 1.82) is 0 Å². The Hall–Kier alpha value is -2.47. The Morgan fingerprint density at radius 2 is 1.71 bits per heavy atom. The van der Waals surface area contributed by atoms with Crippen LogP contribution >= 0.6 is 11.6 Å². The molecule has 0 fully saturated rings. The number of imidazole rings is 1. The van der Waals surface area contributed by atoms with E-state index in [-0.39, 0.29) is 18.1 Å². The van der Waals surface area contributed by atoms with Gasteiger partial charge in [-0.05, 0) is 30.3 Å². The van der Waals surface area contributed by atoms with Gasteiger partial charge in [0.2, 0.25) is 0 Å². The fourth-order valence-corrected chi connectivity index (χ4v) is 2.53. The number of phenolic OH excluding ortho intramolecular Hbond substituents is 1. The van der Waals surface area contributed by atoms with Crippen molar-refractivity contribution in [3.8, 4) is 17.1 Å². The van der Waals surface area contributed by atoms with E-state index >= 15 is 0 Å². The summed E-state index contributed by atoms with van der Waals surface area (Å²) in [6, 6.07) is 12.6. The standard InChI is InChI=1S/C17H12ClF3N2O/c18-13-7-5-11(6-8-13)16-22-9-15(17(19,20)21)23(16)10-12-3-1-2-4-14(12)24/h1-9,24H,10H2. The molecule has 0 saturated heterocycles. The molecule has 3 aromatic rings. The minimum absolute atomic E-state index is 0.0682. The number of aromatic nitrogens is 2. The van der Waals surface area contributed by atoms with Gasteiger partial charge in [-0.1, -0.05) is 29.8 Å². The molecule has 3 rings (SSSR count). The molecule has 0 amide bonds. The minimum Gasteiger partial charge on any atom is -0.508 e. The van der Waals surface area contributed by atoms with Crippen LogP contribution < -0.4 is 0 Å². The van der Waals surface area contributed by atoms with Gasteiger partial charge in [-0.3, -0.25) is 0 Å². The second kappa shape index (κ2) is 6.20. The van der Waals surface area contributed by atoms with Crippen LogP contribution in [0, 0.1) is 0 Å². The molecule has 0 aliphatic heterocycles. The zero-order chi connectivity index (χ0) is 17.3. The predicted molar refractivity (Wildman–Crippen MR) is 84.9 cm³/mol. The zero-order valence-electron chi connectivity index (χ0n) is 12.3. The van der Waals surface area contributed by atoms with Gasteiger partial charge in [0.15, 0.2) is 0 Å². The van der Waals surface area contributed by atoms with Gasteiger partial charge in [-0.25, -0.2) is 4.98 Å². The highest BCUT2D eigenvalue weighted by atomic mass is 35.5. The average Bonchev–Trinajstić information content (AvgIpc) is 2.94. The topological polar surface area (TPSA) is 38.0 Å². The van der Waals surface area contributed by atoms with Crippen LogP contribution in [0.3, 0.4) is 0 Å². The molecular weight excluding hydrogens is 341 g/mol. The van der Waals surface area contributed by atoms with Gasteiger partial charge in [-0.15, -0.1) is 0 Å². The summed E-state index contributed by atoms with van der Waals surface area (Å²) in [6.07, 6.45) is -3.76. The highest BCUT2D eigenvalue weighted by molar-refractivity contribution is 6.30. The Kier molecular flexibility index (Phi) is 4.24. The highest BCUT2D eigenvalue weighted by Crippen LogP contribution is 2.34. The van der Waals surface area contributed by atoms with E-state index in [4.69, 9.17) is 11.6 Å². The van der Waals surface area contributed by atoms with Crippen molar-refractivity contribution in [2.75, 3.05) is 0 Å². The minimum atomic E-state index is -4.55. The molecule has 1 N–H and O–H groups in total. The van der Waals surface area contributed by atoms with Crippen molar-refractivity contribution >= 4 is 11.6 Å². The van der Waals surface area contributed by atoms with Crippen molar-refractivity contribution < 1.29 is 18.3 Å². The Morgan fingerprint density at radius 1 is 1.04 bits per heavy atom. The molecule has 0 radical (unpaired) electrons. The molecule has 0 aliphatic rings. The van der Waals surface area contributed by atoms with Crippen LogP contribution in [0.25, 0.3) is 11.4 Å². The van der Waals surface area contributed by atoms with Crippen LogP contribution in [-0.4, -0.2) is 14.7 Å². The van der Waals surface area contributed by atoms with Crippen molar-refractivity contribution in [3.05, 3.63) is 71.0 Å². The smallest absolute Gasteiger partial charge is 0.433 e. The second-order valence-electron chi connectivity index (χ2n) is 5.19. The number of halogens is 4. The third kappa shape index (κ3) is 3.23. The van der Waals surface area contributed by atoms with Crippen LogP contribution in [-0.2, 0) is 12.7 Å². The van der Waals surface area contributed by atoms with Gasteiger partial charge < -0.3 is 9.67 Å². The highest BCUT2D eigenvalue weighted by Gasteiger charge is 2.36. The van der Waals surface area contributed by atoms with Crippen LogP contribution in [0.2, 0.25) is 5.02 Å². The molecule has 3 nitrogen and oxygen atoms in total. The molecule has 0 spiro atoms. The van der Waals surface area contributed by atoms with Gasteiger partial charge in [-0.2, -0.15) is 13.2 Å². The van der Waals surface area contributed by atoms with E-state index in [2.05, 4.69) is 4.98 Å². The van der Waals surface area contributed by atoms with E-state index < -0.39 is 11.9 Å². The molecule has 0 atom stereocenters. The first kappa shape index (κ1) is 16.4. The fraction of sp³-hybridized carbons (Fsp3) is 0.118. The Labute approximate surface area is 141 Å². The summed E-state index contributed by atoms with van der Waals surface area (Å²) in [4.78, 5) is 3.93. The van der Waals surface area contributed by atoms with Gasteiger partial charge in [0.1, 0.15) is 17.3 Å². The van der Waals surface area contributed by atoms with Crippen molar-refractivity contribution in [2.45, 2.75) is 12.7 Å². The van der Waals surface area contributed by atoms with Crippen LogP contribution in [0.1, 0.15) is 11.3 Å². The number of phenols is 1. The summed E-state index contributed by atoms with van der Waals surface area (Å²) in [5.41, 5.74) is -0.00256. The van der Waals surface area contributed by atoms with E-state index in [0.717, 1.165) is 10.8 Å². The first-order chi connectivity index (χ1) is 11.4. The fourth-order valence-electron chi connectivity index (χ4n) is 2.41. The molecule has 7 heteroatoms. The molecule has 0 unspecified atom stereocenters. The number of aromatic hydroxyl groups is 1. The van der Waals surface area contributed by atoms with Crippen molar-refractivity contribution in [2.24, 2.45) is 0 Å². The third-order valence-electron chi connectivity index (χ3n) is 3.57. The van der Waals surface area contributed by atoms with Crippen LogP contribution in [0.15, 0.2) is 54.7 Å². The number of hydrogen-bond donors (Lipinski definition) is 1. The summed E-state index contributed by atoms with van der Waals surface area (Å²) in [5, 5.41) is 10.3. The second-order valence-corrected chi connectivity index (χ2v) is 5.62. The average molecular weight is 353 g/mol. The van der Waals surface area contributed by atoms with Gasteiger partial charge >= 0.3 is 6.18 Å². The molecule has 24 heavy (non-hydrogen) atoms. The first-order valence-corrected chi connectivity index (χ1v) is 7.39. The van der Waals surface area contributed by atoms with Gasteiger partial charge in [0, 0.05) is 16.1 Å². The summed E-state index contributed by atoms with van der Waals surface area (Å²) < 4.78 is 40.9. The van der Waals surface area contributed by atoms with E-state index in [1.54, 1.807) is 42.5 Å². The summed E-state index contributed by atoms with van der Waals surface area (Å²) in [5.74, 6) is 0.0867. The maximum atomic E-state index is 13.3. The summed E-state index contributed by atoms with van der Waals surface area (Å²) >= 11 is 5.83. The zero-order valence-corrected chi connectivity index (χ0v) is 13.0. The lowest BCUT2D eigenvalue weighted by Gasteiger charge is -2.15. The molecular formula is C17H12ClF3N2O. The quantitative estimate of drug-likeness (QED) is 0.722. The summed E-state index contributed by atoms with van der Waals surface area (Å²) in [7, 11) is 0. The molecule has 0 saturated carbocycles. The number of para-hydroxylation sites is 1. The Morgan fingerprint density at radius 3 is 2.33 bits per heavy atom. The SMILES string of the molecule is Oc1ccccc1Cn1c(C(F)(F)F)cnc1-c1ccc(Cl)cc1. The van der Waals surface area contributed by atoms with E-state index in [1.807, 2.05) is 0 Å². The number of rotatable bonds is 3. The summed E-state index contributed by atoms with van der Waals surface area (Å²) in [6.45, 7) is -0.153. The molecule has 2 aromatic carbocycles. The van der Waals surface area contributed by atoms with E-state index in [1.165, 1.54) is 6.07 Å². The first-order valence-electron chi connectivity index (χ1n) is 7.02. The number of benzene rings is 2. The molecule has 1 aromatic heterocycles. The number of alkyl halides is 3. The third-order valence-corrected chi connectivity index (χ3v) is 3.82. The maximum absolute atomic E-state index is 13.3.